The topological polar surface area (TPSA) is 34.1 Å². The highest BCUT2D eigenvalue weighted by atomic mass is 16.2. The van der Waals surface area contributed by atoms with E-state index in [4.69, 9.17) is 0 Å². The van der Waals surface area contributed by atoms with Crippen molar-refractivity contribution in [1.29, 1.82) is 0 Å². The van der Waals surface area contributed by atoms with Crippen molar-refractivity contribution in [3.63, 3.8) is 0 Å². The van der Waals surface area contributed by atoms with Crippen LogP contribution in [0.3, 0.4) is 0 Å². The Morgan fingerprint density at radius 3 is 2.62 bits per heavy atom. The lowest BCUT2D eigenvalue weighted by Crippen LogP contribution is -1.95. The molecule has 0 rings (SSSR count). The minimum Gasteiger partial charge on any atom is -0.295 e. The quantitative estimate of drug-likeness (QED) is 0.305. The smallest absolute Gasteiger partial charge is 0.195 e. The van der Waals surface area contributed by atoms with Crippen LogP contribution in [0.1, 0.15) is 12.8 Å². The molecule has 0 aromatic heterocycles. The Kier molecular flexibility index (Phi) is 3.76. The molecule has 0 aliphatic rings. The monoisotopic (exact) mass is 112 g/mol. The van der Waals surface area contributed by atoms with Crippen molar-refractivity contribution in [2.75, 3.05) is 0 Å². The van der Waals surface area contributed by atoms with Crippen molar-refractivity contribution in [1.82, 2.24) is 0 Å². The molecule has 0 aliphatic heterocycles. The van der Waals surface area contributed by atoms with Crippen molar-refractivity contribution < 1.29 is 9.59 Å². The molecule has 0 unspecified atom stereocenters. The summed E-state index contributed by atoms with van der Waals surface area (Å²) in [5, 5.41) is 0. The van der Waals surface area contributed by atoms with Crippen LogP contribution in [0, 0.1) is 0 Å². The standard InChI is InChI=1S/C6H8O2/c1-2-3-4-6(8)5-7/h2,5H,1,3-4H2. The fourth-order valence-corrected chi connectivity index (χ4v) is 0.303. The summed E-state index contributed by atoms with van der Waals surface area (Å²) in [5.74, 6) is -0.357. The zero-order chi connectivity index (χ0) is 6.41. The van der Waals surface area contributed by atoms with Crippen molar-refractivity contribution in [2.45, 2.75) is 12.8 Å². The molecule has 0 heterocycles. The molecular weight excluding hydrogens is 104 g/mol. The van der Waals surface area contributed by atoms with Crippen LogP contribution in [0.2, 0.25) is 0 Å². The van der Waals surface area contributed by atoms with Crippen molar-refractivity contribution in [3.8, 4) is 0 Å². The molecule has 0 N–H and O–H groups in total. The number of hydrogen-bond donors (Lipinski definition) is 0. The molecule has 0 aliphatic carbocycles. The number of carbonyl (C=O) groups excluding carboxylic acids is 2. The number of Topliss-reactive ketones (excluding diaryl/α,β-unsaturated/α-hetero) is 1. The molecule has 0 fully saturated rings. The lowest BCUT2D eigenvalue weighted by atomic mass is 10.2. The maximum atomic E-state index is 10.2. The molecule has 0 spiro atoms. The van der Waals surface area contributed by atoms with Gasteiger partial charge in [0.1, 0.15) is 0 Å². The lowest BCUT2D eigenvalue weighted by Gasteiger charge is -1.82. The second kappa shape index (κ2) is 4.24. The third kappa shape index (κ3) is 3.28. The van der Waals surface area contributed by atoms with Crippen molar-refractivity contribution >= 4 is 12.1 Å². The Morgan fingerprint density at radius 2 is 2.25 bits per heavy atom. The Hall–Kier alpha value is -0.920. The predicted octanol–water partition coefficient (Wildman–Crippen LogP) is 0.721. The van der Waals surface area contributed by atoms with E-state index < -0.39 is 0 Å². The predicted molar refractivity (Wildman–Crippen MR) is 30.5 cm³/mol. The summed E-state index contributed by atoms with van der Waals surface area (Å²) < 4.78 is 0. The molecule has 0 aromatic rings. The number of aldehydes is 1. The van der Waals surface area contributed by atoms with Gasteiger partial charge in [-0.15, -0.1) is 6.58 Å². The van der Waals surface area contributed by atoms with Crippen molar-refractivity contribution in [2.24, 2.45) is 0 Å². The highest BCUT2D eigenvalue weighted by molar-refractivity contribution is 6.24. The zero-order valence-electron chi connectivity index (χ0n) is 4.59. The molecular formula is C6H8O2. The molecule has 44 valence electrons. The van der Waals surface area contributed by atoms with Gasteiger partial charge in [0.05, 0.1) is 0 Å². The third-order valence-electron chi connectivity index (χ3n) is 0.726. The maximum absolute atomic E-state index is 10.2. The van der Waals surface area contributed by atoms with Gasteiger partial charge in [0, 0.05) is 6.42 Å². The first-order valence-electron chi connectivity index (χ1n) is 2.40. The van der Waals surface area contributed by atoms with E-state index in [1.165, 1.54) is 0 Å². The van der Waals surface area contributed by atoms with E-state index in [0.717, 1.165) is 0 Å². The molecule has 0 aromatic carbocycles. The van der Waals surface area contributed by atoms with Crippen LogP contribution in [-0.4, -0.2) is 12.1 Å². The maximum Gasteiger partial charge on any atom is 0.195 e. The first kappa shape index (κ1) is 7.08. The van der Waals surface area contributed by atoms with Gasteiger partial charge in [-0.1, -0.05) is 6.08 Å². The molecule has 0 bridgehead atoms. The van der Waals surface area contributed by atoms with Crippen molar-refractivity contribution in [3.05, 3.63) is 12.7 Å². The highest BCUT2D eigenvalue weighted by Gasteiger charge is 1.93. The second-order valence-corrected chi connectivity index (χ2v) is 1.41. The largest absolute Gasteiger partial charge is 0.295 e. The van der Waals surface area contributed by atoms with Crippen LogP contribution in [0.15, 0.2) is 12.7 Å². The van der Waals surface area contributed by atoms with E-state index in [-0.39, 0.29) is 5.78 Å². The van der Waals surface area contributed by atoms with Gasteiger partial charge in [-0.2, -0.15) is 0 Å². The van der Waals surface area contributed by atoms with Crippen LogP contribution in [-0.2, 0) is 9.59 Å². The van der Waals surface area contributed by atoms with E-state index in [9.17, 15) is 9.59 Å². The van der Waals surface area contributed by atoms with E-state index in [1.807, 2.05) is 0 Å². The third-order valence-corrected chi connectivity index (χ3v) is 0.726. The Labute approximate surface area is 48.2 Å². The molecule has 2 nitrogen and oxygen atoms in total. The Bertz CT molecular complexity index is 105. The average Bonchev–Trinajstić information content (AvgIpc) is 1.83. The fourth-order valence-electron chi connectivity index (χ4n) is 0.303. The van der Waals surface area contributed by atoms with Gasteiger partial charge in [0.15, 0.2) is 12.1 Å². The summed E-state index contributed by atoms with van der Waals surface area (Å²) in [6, 6.07) is 0. The van der Waals surface area contributed by atoms with Gasteiger partial charge < -0.3 is 0 Å². The number of hydrogen-bond acceptors (Lipinski definition) is 2. The fraction of sp³-hybridized carbons (Fsp3) is 0.333. The molecule has 2 heteroatoms. The van der Waals surface area contributed by atoms with Crippen LogP contribution < -0.4 is 0 Å². The van der Waals surface area contributed by atoms with Gasteiger partial charge in [-0.3, -0.25) is 9.59 Å². The number of ketones is 1. The molecule has 0 radical (unpaired) electrons. The number of allylic oxidation sites excluding steroid dienone is 1. The Morgan fingerprint density at radius 1 is 1.62 bits per heavy atom. The van der Waals surface area contributed by atoms with Gasteiger partial charge in [-0.05, 0) is 6.42 Å². The van der Waals surface area contributed by atoms with E-state index in [2.05, 4.69) is 6.58 Å². The Balaban J connectivity index is 3.24. The minimum absolute atomic E-state index is 0.299. The molecule has 0 saturated heterocycles. The van der Waals surface area contributed by atoms with Gasteiger partial charge in [-0.25, -0.2) is 0 Å². The van der Waals surface area contributed by atoms with Gasteiger partial charge in [0.2, 0.25) is 0 Å². The first-order chi connectivity index (χ1) is 3.81. The summed E-state index contributed by atoms with van der Waals surface area (Å²) >= 11 is 0. The van der Waals surface area contributed by atoms with Gasteiger partial charge in [0.25, 0.3) is 0 Å². The van der Waals surface area contributed by atoms with Crippen LogP contribution >= 0.6 is 0 Å². The van der Waals surface area contributed by atoms with Crippen LogP contribution in [0.25, 0.3) is 0 Å². The molecule has 8 heavy (non-hydrogen) atoms. The summed E-state index contributed by atoms with van der Waals surface area (Å²) in [6.45, 7) is 3.40. The normalized spacial score (nSPS) is 8.00. The molecule has 0 atom stereocenters. The number of carbonyl (C=O) groups is 2. The van der Waals surface area contributed by atoms with Crippen LogP contribution in [0.4, 0.5) is 0 Å². The SMILES string of the molecule is C=CCCC(=O)C=O. The molecule has 0 amide bonds. The first-order valence-corrected chi connectivity index (χ1v) is 2.40. The zero-order valence-corrected chi connectivity index (χ0v) is 4.59. The number of rotatable bonds is 4. The van der Waals surface area contributed by atoms with E-state index in [1.54, 1.807) is 6.08 Å². The van der Waals surface area contributed by atoms with E-state index >= 15 is 0 Å². The highest BCUT2D eigenvalue weighted by Crippen LogP contribution is 1.87. The summed E-state index contributed by atoms with van der Waals surface area (Å²) in [6.07, 6.45) is 2.84. The summed E-state index contributed by atoms with van der Waals surface area (Å²) in [5.41, 5.74) is 0. The minimum atomic E-state index is -0.357. The lowest BCUT2D eigenvalue weighted by molar-refractivity contribution is -0.129. The summed E-state index contributed by atoms with van der Waals surface area (Å²) in [4.78, 5) is 19.8. The summed E-state index contributed by atoms with van der Waals surface area (Å²) in [7, 11) is 0. The van der Waals surface area contributed by atoms with Gasteiger partial charge >= 0.3 is 0 Å². The second-order valence-electron chi connectivity index (χ2n) is 1.41. The average molecular weight is 112 g/mol. The molecule has 0 saturated carbocycles. The van der Waals surface area contributed by atoms with Crippen LogP contribution in [0.5, 0.6) is 0 Å². The van der Waals surface area contributed by atoms with E-state index in [0.29, 0.717) is 19.1 Å².